The Morgan fingerprint density at radius 1 is 1.58 bits per heavy atom. The van der Waals surface area contributed by atoms with Gasteiger partial charge in [-0.2, -0.15) is 11.8 Å². The van der Waals surface area contributed by atoms with Gasteiger partial charge in [-0.25, -0.2) is 0 Å². The van der Waals surface area contributed by atoms with Crippen LogP contribution in [0, 0.1) is 0 Å². The molecule has 2 rings (SSSR count). The summed E-state index contributed by atoms with van der Waals surface area (Å²) in [5.74, 6) is 2.23. The Labute approximate surface area is 120 Å². The number of aromatic nitrogens is 1. The fourth-order valence-corrected chi connectivity index (χ4v) is 3.52. The molecule has 19 heavy (non-hydrogen) atoms. The predicted molar refractivity (Wildman–Crippen MR) is 83.7 cm³/mol. The van der Waals surface area contributed by atoms with Crippen LogP contribution in [-0.2, 0) is 13.6 Å². The summed E-state index contributed by atoms with van der Waals surface area (Å²) in [6.45, 7) is 5.31. The van der Waals surface area contributed by atoms with Crippen LogP contribution in [0.1, 0.15) is 18.9 Å². The average Bonchev–Trinajstić information content (AvgIpc) is 2.85. The van der Waals surface area contributed by atoms with Gasteiger partial charge in [0, 0.05) is 57.1 Å². The summed E-state index contributed by atoms with van der Waals surface area (Å²) in [6, 6.07) is 2.14. The minimum atomic E-state index is 0.740. The van der Waals surface area contributed by atoms with Gasteiger partial charge in [0.25, 0.3) is 0 Å². The Morgan fingerprint density at radius 2 is 2.42 bits per heavy atom. The third kappa shape index (κ3) is 3.93. The molecular formula is C14H24N4S. The molecular weight excluding hydrogens is 256 g/mol. The first-order valence-electron chi connectivity index (χ1n) is 6.91. The van der Waals surface area contributed by atoms with Crippen LogP contribution in [0.5, 0.6) is 0 Å². The number of thioether (sulfide) groups is 1. The van der Waals surface area contributed by atoms with Crippen LogP contribution < -0.4 is 5.32 Å². The number of rotatable bonds is 3. The maximum absolute atomic E-state index is 4.42. The van der Waals surface area contributed by atoms with Gasteiger partial charge < -0.3 is 14.8 Å². The number of aliphatic imine (C=N–C) groups is 1. The van der Waals surface area contributed by atoms with Crippen molar-refractivity contribution in [2.45, 2.75) is 25.1 Å². The molecule has 1 fully saturated rings. The van der Waals surface area contributed by atoms with Crippen LogP contribution in [0.3, 0.4) is 0 Å². The lowest BCUT2D eigenvalue weighted by atomic mass is 10.3. The Kier molecular flexibility index (Phi) is 5.19. The third-order valence-electron chi connectivity index (χ3n) is 3.45. The molecule has 1 aliphatic rings. The highest BCUT2D eigenvalue weighted by Gasteiger charge is 2.21. The molecule has 1 unspecified atom stereocenters. The molecule has 0 saturated carbocycles. The molecule has 1 aliphatic heterocycles. The zero-order valence-corrected chi connectivity index (χ0v) is 12.9. The summed E-state index contributed by atoms with van der Waals surface area (Å²) in [5.41, 5.74) is 1.29. The van der Waals surface area contributed by atoms with Crippen LogP contribution in [0.15, 0.2) is 23.5 Å². The van der Waals surface area contributed by atoms with Gasteiger partial charge in [-0.15, -0.1) is 0 Å². The highest BCUT2D eigenvalue weighted by molar-refractivity contribution is 8.00. The number of aryl methyl sites for hydroxylation is 1. The minimum absolute atomic E-state index is 0.740. The van der Waals surface area contributed by atoms with E-state index in [2.05, 4.69) is 56.9 Å². The maximum atomic E-state index is 4.42. The van der Waals surface area contributed by atoms with E-state index in [0.717, 1.165) is 30.8 Å². The van der Waals surface area contributed by atoms with Gasteiger partial charge in [-0.1, -0.05) is 6.92 Å². The lowest BCUT2D eigenvalue weighted by Crippen LogP contribution is -2.47. The van der Waals surface area contributed by atoms with Crippen LogP contribution in [0.2, 0.25) is 0 Å². The van der Waals surface area contributed by atoms with E-state index in [1.807, 2.05) is 14.1 Å². The smallest absolute Gasteiger partial charge is 0.193 e. The van der Waals surface area contributed by atoms with E-state index in [9.17, 15) is 0 Å². The molecule has 0 spiro atoms. The second kappa shape index (κ2) is 6.89. The second-order valence-electron chi connectivity index (χ2n) is 4.93. The lowest BCUT2D eigenvalue weighted by molar-refractivity contribution is 0.408. The zero-order chi connectivity index (χ0) is 13.7. The van der Waals surface area contributed by atoms with Gasteiger partial charge in [-0.05, 0) is 18.1 Å². The van der Waals surface area contributed by atoms with Gasteiger partial charge in [0.1, 0.15) is 0 Å². The summed E-state index contributed by atoms with van der Waals surface area (Å²) < 4.78 is 2.07. The van der Waals surface area contributed by atoms with E-state index in [0.29, 0.717) is 0 Å². The third-order valence-corrected chi connectivity index (χ3v) is 4.82. The number of guanidine groups is 1. The zero-order valence-electron chi connectivity index (χ0n) is 12.1. The van der Waals surface area contributed by atoms with Gasteiger partial charge in [0.05, 0.1) is 0 Å². The van der Waals surface area contributed by atoms with Crippen molar-refractivity contribution in [3.8, 4) is 0 Å². The highest BCUT2D eigenvalue weighted by atomic mass is 32.2. The molecule has 106 valence electrons. The number of nitrogens with zero attached hydrogens (tertiary/aromatic N) is 3. The molecule has 4 nitrogen and oxygen atoms in total. The molecule has 0 aliphatic carbocycles. The molecule has 1 N–H and O–H groups in total. The molecule has 1 aromatic heterocycles. The van der Waals surface area contributed by atoms with Crippen molar-refractivity contribution in [2.75, 3.05) is 25.9 Å². The largest absolute Gasteiger partial charge is 0.357 e. The maximum Gasteiger partial charge on any atom is 0.193 e. The van der Waals surface area contributed by atoms with E-state index in [-0.39, 0.29) is 0 Å². The first-order chi connectivity index (χ1) is 9.22. The average molecular weight is 280 g/mol. The SMILES string of the molecule is CCC1CN(C(=NC)NCc2ccn(C)c2)CCS1. The molecule has 1 aromatic rings. The molecule has 0 bridgehead atoms. The quantitative estimate of drug-likeness (QED) is 0.678. The molecule has 0 amide bonds. The van der Waals surface area contributed by atoms with Crippen LogP contribution in [0.4, 0.5) is 0 Å². The minimum Gasteiger partial charge on any atom is -0.357 e. The number of nitrogens with one attached hydrogen (secondary N) is 1. The van der Waals surface area contributed by atoms with Crippen LogP contribution >= 0.6 is 11.8 Å². The Hall–Kier alpha value is -1.10. The molecule has 0 radical (unpaired) electrons. The normalized spacial score (nSPS) is 20.7. The summed E-state index contributed by atoms with van der Waals surface area (Å²) in [7, 11) is 3.92. The summed E-state index contributed by atoms with van der Waals surface area (Å²) in [4.78, 5) is 6.80. The van der Waals surface area contributed by atoms with Gasteiger partial charge in [-0.3, -0.25) is 4.99 Å². The Bertz CT molecular complexity index is 427. The van der Waals surface area contributed by atoms with Gasteiger partial charge in [0.2, 0.25) is 0 Å². The predicted octanol–water partition coefficient (Wildman–Crippen LogP) is 1.93. The van der Waals surface area contributed by atoms with Crippen LogP contribution in [0.25, 0.3) is 0 Å². The van der Waals surface area contributed by atoms with Crippen molar-refractivity contribution in [2.24, 2.45) is 12.0 Å². The number of hydrogen-bond donors (Lipinski definition) is 1. The van der Waals surface area contributed by atoms with Gasteiger partial charge in [0.15, 0.2) is 5.96 Å². The van der Waals surface area contributed by atoms with Crippen molar-refractivity contribution >= 4 is 17.7 Å². The first kappa shape index (κ1) is 14.3. The fraction of sp³-hybridized carbons (Fsp3) is 0.643. The topological polar surface area (TPSA) is 32.6 Å². The van der Waals surface area contributed by atoms with E-state index >= 15 is 0 Å². The van der Waals surface area contributed by atoms with Gasteiger partial charge >= 0.3 is 0 Å². The van der Waals surface area contributed by atoms with E-state index < -0.39 is 0 Å². The molecule has 2 heterocycles. The summed E-state index contributed by atoms with van der Waals surface area (Å²) >= 11 is 2.08. The first-order valence-corrected chi connectivity index (χ1v) is 7.96. The Morgan fingerprint density at radius 3 is 3.05 bits per heavy atom. The Balaban J connectivity index is 1.89. The van der Waals surface area contributed by atoms with E-state index in [1.54, 1.807) is 0 Å². The highest BCUT2D eigenvalue weighted by Crippen LogP contribution is 2.21. The van der Waals surface area contributed by atoms with Crippen molar-refractivity contribution in [1.82, 2.24) is 14.8 Å². The van der Waals surface area contributed by atoms with E-state index in [1.165, 1.54) is 17.7 Å². The van der Waals surface area contributed by atoms with Crippen molar-refractivity contribution in [3.63, 3.8) is 0 Å². The monoisotopic (exact) mass is 280 g/mol. The standard InChI is InChI=1S/C14H24N4S/c1-4-13-11-18(7-8-19-13)14(15-2)16-9-12-5-6-17(3)10-12/h5-6,10,13H,4,7-9,11H2,1-3H3,(H,15,16). The molecule has 1 atom stereocenters. The molecule has 5 heteroatoms. The number of hydrogen-bond acceptors (Lipinski definition) is 2. The lowest BCUT2D eigenvalue weighted by Gasteiger charge is -2.34. The van der Waals surface area contributed by atoms with E-state index in [4.69, 9.17) is 0 Å². The fourth-order valence-electron chi connectivity index (χ4n) is 2.34. The van der Waals surface area contributed by atoms with Crippen molar-refractivity contribution in [3.05, 3.63) is 24.0 Å². The summed E-state index contributed by atoms with van der Waals surface area (Å²) in [5, 5.41) is 4.21. The summed E-state index contributed by atoms with van der Waals surface area (Å²) in [6.07, 6.45) is 5.45. The van der Waals surface area contributed by atoms with Crippen molar-refractivity contribution < 1.29 is 0 Å². The molecule has 0 aromatic carbocycles. The van der Waals surface area contributed by atoms with Crippen LogP contribution in [-0.4, -0.2) is 46.6 Å². The molecule has 1 saturated heterocycles. The van der Waals surface area contributed by atoms with Crippen molar-refractivity contribution in [1.29, 1.82) is 0 Å². The second-order valence-corrected chi connectivity index (χ2v) is 6.34.